The van der Waals surface area contributed by atoms with Crippen molar-refractivity contribution < 1.29 is 4.42 Å². The smallest absolute Gasteiger partial charge is 0.193 e. The van der Waals surface area contributed by atoms with E-state index in [-0.39, 0.29) is 0 Å². The number of nitrogens with one attached hydrogen (secondary N) is 1. The Hall–Kier alpha value is -1.78. The summed E-state index contributed by atoms with van der Waals surface area (Å²) in [4.78, 5) is 4.50. The summed E-state index contributed by atoms with van der Waals surface area (Å²) in [5.41, 5.74) is 3.15. The highest BCUT2D eigenvalue weighted by atomic mass is 35.5. The quantitative estimate of drug-likeness (QED) is 0.739. The molecule has 0 aliphatic heterocycles. The molecule has 0 saturated heterocycles. The van der Waals surface area contributed by atoms with E-state index in [1.165, 1.54) is 0 Å². The molecule has 0 spiro atoms. The lowest BCUT2D eigenvalue weighted by molar-refractivity contribution is 0.520. The Morgan fingerprint density at radius 3 is 2.90 bits per heavy atom. The largest absolute Gasteiger partial charge is 0.448 e. The van der Waals surface area contributed by atoms with Crippen LogP contribution in [0.25, 0.3) is 11.3 Å². The zero-order valence-electron chi connectivity index (χ0n) is 10.9. The van der Waals surface area contributed by atoms with Crippen molar-refractivity contribution >= 4 is 28.6 Å². The number of nitrogens with zero attached hydrogens (tertiary/aromatic N) is 1. The Kier molecular flexibility index (Phi) is 3.76. The lowest BCUT2D eigenvalue weighted by Gasteiger charge is -2.06. The SMILES string of the molecule is Cc1nc(-c2cccc(NCc3ccc(Cl)o3)c2)cs1. The van der Waals surface area contributed by atoms with Crippen molar-refractivity contribution in [2.24, 2.45) is 0 Å². The number of hydrogen-bond acceptors (Lipinski definition) is 4. The van der Waals surface area contributed by atoms with Gasteiger partial charge in [0.15, 0.2) is 5.22 Å². The van der Waals surface area contributed by atoms with E-state index in [4.69, 9.17) is 16.0 Å². The minimum absolute atomic E-state index is 0.411. The average Bonchev–Trinajstić information content (AvgIpc) is 3.06. The first-order valence-corrected chi connectivity index (χ1v) is 7.47. The van der Waals surface area contributed by atoms with Crippen LogP contribution < -0.4 is 5.32 Å². The number of aryl methyl sites for hydroxylation is 1. The van der Waals surface area contributed by atoms with Crippen molar-refractivity contribution in [3.63, 3.8) is 0 Å². The highest BCUT2D eigenvalue weighted by molar-refractivity contribution is 7.09. The molecule has 3 nitrogen and oxygen atoms in total. The molecule has 0 radical (unpaired) electrons. The first-order chi connectivity index (χ1) is 9.70. The standard InChI is InChI=1S/C15H13ClN2OS/c1-10-18-14(9-20-10)11-3-2-4-12(7-11)17-8-13-5-6-15(16)19-13/h2-7,9,17H,8H2,1H3. The van der Waals surface area contributed by atoms with Crippen LogP contribution in [-0.2, 0) is 6.54 Å². The molecule has 0 saturated carbocycles. The van der Waals surface area contributed by atoms with Crippen molar-refractivity contribution in [1.82, 2.24) is 4.98 Å². The number of thiazole rings is 1. The summed E-state index contributed by atoms with van der Waals surface area (Å²) >= 11 is 7.41. The van der Waals surface area contributed by atoms with Crippen LogP contribution in [-0.4, -0.2) is 4.98 Å². The third kappa shape index (κ3) is 3.03. The van der Waals surface area contributed by atoms with Gasteiger partial charge in [-0.25, -0.2) is 4.98 Å². The average molecular weight is 305 g/mol. The number of aromatic nitrogens is 1. The van der Waals surface area contributed by atoms with Gasteiger partial charge in [-0.2, -0.15) is 0 Å². The van der Waals surface area contributed by atoms with Crippen LogP contribution in [0.1, 0.15) is 10.8 Å². The van der Waals surface area contributed by atoms with Gasteiger partial charge in [-0.3, -0.25) is 0 Å². The van der Waals surface area contributed by atoms with E-state index in [2.05, 4.69) is 27.8 Å². The molecule has 5 heteroatoms. The molecule has 0 aliphatic carbocycles. The fourth-order valence-corrected chi connectivity index (χ4v) is 2.70. The third-order valence-electron chi connectivity index (χ3n) is 2.87. The van der Waals surface area contributed by atoms with Gasteiger partial charge in [0.1, 0.15) is 5.76 Å². The molecular weight excluding hydrogens is 292 g/mol. The van der Waals surface area contributed by atoms with E-state index in [0.717, 1.165) is 27.7 Å². The Balaban J connectivity index is 1.74. The predicted molar refractivity (Wildman–Crippen MR) is 83.3 cm³/mol. The summed E-state index contributed by atoms with van der Waals surface area (Å²) in [5, 5.41) is 6.87. The van der Waals surface area contributed by atoms with Gasteiger partial charge in [0.05, 0.1) is 17.2 Å². The number of halogens is 1. The van der Waals surface area contributed by atoms with Crippen molar-refractivity contribution in [2.45, 2.75) is 13.5 Å². The van der Waals surface area contributed by atoms with Gasteiger partial charge in [0, 0.05) is 16.6 Å². The van der Waals surface area contributed by atoms with E-state index >= 15 is 0 Å². The van der Waals surface area contributed by atoms with Crippen LogP contribution in [0.15, 0.2) is 46.2 Å². The van der Waals surface area contributed by atoms with Crippen LogP contribution in [0.5, 0.6) is 0 Å². The summed E-state index contributed by atoms with van der Waals surface area (Å²) in [6.07, 6.45) is 0. The van der Waals surface area contributed by atoms with Crippen molar-refractivity contribution in [1.29, 1.82) is 0 Å². The van der Waals surface area contributed by atoms with Gasteiger partial charge in [0.25, 0.3) is 0 Å². The second-order valence-corrected chi connectivity index (χ2v) is 5.83. The zero-order valence-corrected chi connectivity index (χ0v) is 12.5. The Labute approximate surface area is 126 Å². The monoisotopic (exact) mass is 304 g/mol. The molecule has 0 fully saturated rings. The van der Waals surface area contributed by atoms with Crippen LogP contribution in [0.4, 0.5) is 5.69 Å². The Bertz CT molecular complexity index is 720. The van der Waals surface area contributed by atoms with Crippen LogP contribution >= 0.6 is 22.9 Å². The van der Waals surface area contributed by atoms with E-state index in [1.54, 1.807) is 17.4 Å². The summed E-state index contributed by atoms with van der Waals surface area (Å²) in [6, 6.07) is 11.8. The van der Waals surface area contributed by atoms with E-state index in [0.29, 0.717) is 11.8 Å². The Morgan fingerprint density at radius 2 is 2.20 bits per heavy atom. The maximum Gasteiger partial charge on any atom is 0.193 e. The summed E-state index contributed by atoms with van der Waals surface area (Å²) < 4.78 is 5.32. The second-order valence-electron chi connectivity index (χ2n) is 4.39. The van der Waals surface area contributed by atoms with Gasteiger partial charge in [-0.1, -0.05) is 12.1 Å². The van der Waals surface area contributed by atoms with Gasteiger partial charge in [0.2, 0.25) is 0 Å². The summed E-state index contributed by atoms with van der Waals surface area (Å²) in [6.45, 7) is 2.61. The highest BCUT2D eigenvalue weighted by Gasteiger charge is 2.04. The van der Waals surface area contributed by atoms with E-state index in [9.17, 15) is 0 Å². The lowest BCUT2D eigenvalue weighted by Crippen LogP contribution is -1.97. The molecule has 2 aromatic heterocycles. The first-order valence-electron chi connectivity index (χ1n) is 6.21. The summed E-state index contributed by atoms with van der Waals surface area (Å²) in [5.74, 6) is 0.810. The molecule has 0 bridgehead atoms. The molecule has 0 unspecified atom stereocenters. The van der Waals surface area contributed by atoms with Crippen LogP contribution in [0.3, 0.4) is 0 Å². The van der Waals surface area contributed by atoms with E-state index in [1.807, 2.05) is 25.1 Å². The van der Waals surface area contributed by atoms with Crippen molar-refractivity contribution in [3.05, 3.63) is 57.8 Å². The molecule has 3 aromatic rings. The molecule has 20 heavy (non-hydrogen) atoms. The third-order valence-corrected chi connectivity index (χ3v) is 3.85. The minimum atomic E-state index is 0.411. The molecule has 3 rings (SSSR count). The number of benzene rings is 1. The Morgan fingerprint density at radius 1 is 1.30 bits per heavy atom. The van der Waals surface area contributed by atoms with Crippen LogP contribution in [0, 0.1) is 6.92 Å². The molecule has 1 aromatic carbocycles. The topological polar surface area (TPSA) is 38.1 Å². The van der Waals surface area contributed by atoms with E-state index < -0.39 is 0 Å². The normalized spacial score (nSPS) is 10.7. The lowest BCUT2D eigenvalue weighted by atomic mass is 10.1. The molecule has 0 aliphatic rings. The van der Waals surface area contributed by atoms with Gasteiger partial charge >= 0.3 is 0 Å². The number of hydrogen-bond donors (Lipinski definition) is 1. The van der Waals surface area contributed by atoms with Crippen LogP contribution in [0.2, 0.25) is 5.22 Å². The second kappa shape index (κ2) is 5.69. The maximum atomic E-state index is 5.75. The molecular formula is C15H13ClN2OS. The number of furan rings is 1. The number of anilines is 1. The van der Waals surface area contributed by atoms with Crippen molar-refractivity contribution in [3.8, 4) is 11.3 Å². The molecule has 0 atom stereocenters. The molecule has 1 N–H and O–H groups in total. The maximum absolute atomic E-state index is 5.75. The van der Waals surface area contributed by atoms with Crippen molar-refractivity contribution in [2.75, 3.05) is 5.32 Å². The first kappa shape index (κ1) is 13.2. The van der Waals surface area contributed by atoms with Gasteiger partial charge in [-0.05, 0) is 42.8 Å². The molecule has 2 heterocycles. The molecule has 0 amide bonds. The number of rotatable bonds is 4. The predicted octanol–water partition coefficient (Wildman–Crippen LogP) is 4.98. The van der Waals surface area contributed by atoms with Gasteiger partial charge in [-0.15, -0.1) is 11.3 Å². The zero-order chi connectivity index (χ0) is 13.9. The van der Waals surface area contributed by atoms with Gasteiger partial charge < -0.3 is 9.73 Å². The fraction of sp³-hybridized carbons (Fsp3) is 0.133. The fourth-order valence-electron chi connectivity index (χ4n) is 1.92. The molecule has 102 valence electrons. The summed E-state index contributed by atoms with van der Waals surface area (Å²) in [7, 11) is 0. The minimum Gasteiger partial charge on any atom is -0.448 e. The highest BCUT2D eigenvalue weighted by Crippen LogP contribution is 2.24.